The molecule has 0 fully saturated rings. The molecule has 0 radical (unpaired) electrons. The van der Waals surface area contributed by atoms with E-state index in [1.54, 1.807) is 55.5 Å². The number of nitrogen functional groups attached to an aromatic ring is 1. The zero-order valence-electron chi connectivity index (χ0n) is 23.8. The molecule has 43 heavy (non-hydrogen) atoms. The highest BCUT2D eigenvalue weighted by atomic mass is 19.1. The van der Waals surface area contributed by atoms with Crippen LogP contribution in [0, 0.1) is 19.7 Å². The first-order valence-electron chi connectivity index (χ1n) is 13.9. The van der Waals surface area contributed by atoms with E-state index in [9.17, 15) is 18.8 Å². The minimum Gasteiger partial charge on any atom is -0.397 e. The Morgan fingerprint density at radius 2 is 1.79 bits per heavy atom. The molecule has 1 aliphatic rings. The van der Waals surface area contributed by atoms with Crippen molar-refractivity contribution in [3.05, 3.63) is 100 Å². The molecule has 0 unspecified atom stereocenters. The third-order valence-corrected chi connectivity index (χ3v) is 7.14. The third kappa shape index (κ3) is 6.56. The largest absolute Gasteiger partial charge is 0.397 e. The number of rotatable bonds is 10. The summed E-state index contributed by atoms with van der Waals surface area (Å²) in [4.78, 5) is 45.7. The van der Waals surface area contributed by atoms with E-state index in [0.29, 0.717) is 76.0 Å². The lowest BCUT2D eigenvalue weighted by Gasteiger charge is -2.10. The van der Waals surface area contributed by atoms with Gasteiger partial charge in [-0.05, 0) is 80.8 Å². The highest BCUT2D eigenvalue weighted by molar-refractivity contribution is 6.35. The van der Waals surface area contributed by atoms with Gasteiger partial charge in [0.1, 0.15) is 17.3 Å². The molecule has 7 N–H and O–H groups in total. The summed E-state index contributed by atoms with van der Waals surface area (Å²) >= 11 is 0. The summed E-state index contributed by atoms with van der Waals surface area (Å²) in [6, 6.07) is 16.3. The van der Waals surface area contributed by atoms with Crippen molar-refractivity contribution in [1.29, 1.82) is 0 Å². The number of benzene rings is 2. The standard InChI is InChI=1S/C32H32FN7O3/c1-18-27(17-22-21-16-20(33)12-13-24(21)39-30(22)41)37-19(2)29(18)32(43)36-15-6-5-14-35-28-11-7-10-26(38-28)31(42)40-25-9-4-3-8-23(25)34/h3-4,7-13,16-17,37H,5-6,14-15,34H2,1-2H3,(H,35,38)(H,36,43)(H,39,41)(H,40,42)/b22-17-. The van der Waals surface area contributed by atoms with Crippen molar-refractivity contribution in [2.75, 3.05) is 34.8 Å². The van der Waals surface area contributed by atoms with Crippen LogP contribution in [-0.2, 0) is 4.79 Å². The number of nitrogens with zero attached hydrogens (tertiary/aromatic N) is 1. The average molecular weight is 582 g/mol. The van der Waals surface area contributed by atoms with Crippen molar-refractivity contribution in [3.8, 4) is 0 Å². The molecule has 11 heteroatoms. The summed E-state index contributed by atoms with van der Waals surface area (Å²) in [7, 11) is 0. The second kappa shape index (κ2) is 12.6. The molecule has 3 amide bonds. The number of aromatic amines is 1. The molecule has 0 aliphatic carbocycles. The van der Waals surface area contributed by atoms with E-state index in [1.165, 1.54) is 18.2 Å². The third-order valence-electron chi connectivity index (χ3n) is 7.14. The van der Waals surface area contributed by atoms with Gasteiger partial charge < -0.3 is 32.0 Å². The van der Waals surface area contributed by atoms with Crippen LogP contribution in [-0.4, -0.2) is 40.8 Å². The number of nitrogens with one attached hydrogen (secondary N) is 5. The van der Waals surface area contributed by atoms with Crippen LogP contribution in [0.25, 0.3) is 11.6 Å². The predicted octanol–water partition coefficient (Wildman–Crippen LogP) is 5.11. The van der Waals surface area contributed by atoms with Gasteiger partial charge in [-0.3, -0.25) is 14.4 Å². The van der Waals surface area contributed by atoms with E-state index in [1.807, 2.05) is 6.92 Å². The number of aryl methyl sites for hydroxylation is 1. The number of para-hydroxylation sites is 2. The summed E-state index contributed by atoms with van der Waals surface area (Å²) in [6.45, 7) is 4.67. The molecule has 10 nitrogen and oxygen atoms in total. The van der Waals surface area contributed by atoms with Gasteiger partial charge in [-0.25, -0.2) is 9.37 Å². The minimum absolute atomic E-state index is 0.217. The van der Waals surface area contributed by atoms with E-state index in [2.05, 4.69) is 31.2 Å². The minimum atomic E-state index is -0.433. The van der Waals surface area contributed by atoms with Gasteiger partial charge in [-0.2, -0.15) is 0 Å². The number of pyridine rings is 1. The number of H-pyrrole nitrogens is 1. The van der Waals surface area contributed by atoms with Crippen LogP contribution in [0.4, 0.5) is 27.3 Å². The van der Waals surface area contributed by atoms with Crippen molar-refractivity contribution in [2.45, 2.75) is 26.7 Å². The van der Waals surface area contributed by atoms with Gasteiger partial charge in [-0.15, -0.1) is 0 Å². The number of halogens is 1. The van der Waals surface area contributed by atoms with Crippen molar-refractivity contribution in [2.24, 2.45) is 0 Å². The molecular weight excluding hydrogens is 549 g/mol. The topological polar surface area (TPSA) is 154 Å². The molecule has 220 valence electrons. The van der Waals surface area contributed by atoms with Crippen molar-refractivity contribution in [1.82, 2.24) is 15.3 Å². The summed E-state index contributed by atoms with van der Waals surface area (Å²) in [5, 5.41) is 11.7. The number of amides is 3. The SMILES string of the molecule is Cc1[nH]c(/C=C2\C(=O)Nc3ccc(F)cc32)c(C)c1C(=O)NCCCCNc1cccc(C(=O)Nc2ccccc2N)n1. The van der Waals surface area contributed by atoms with E-state index in [4.69, 9.17) is 5.73 Å². The number of hydrogen-bond acceptors (Lipinski definition) is 6. The van der Waals surface area contributed by atoms with Gasteiger partial charge in [0.15, 0.2) is 0 Å². The Morgan fingerprint density at radius 1 is 1.00 bits per heavy atom. The number of hydrogen-bond donors (Lipinski definition) is 6. The van der Waals surface area contributed by atoms with E-state index in [0.717, 1.165) is 6.42 Å². The summed E-state index contributed by atoms with van der Waals surface area (Å²) in [5.41, 5.74) is 11.0. The second-order valence-electron chi connectivity index (χ2n) is 10.2. The first kappa shape index (κ1) is 29.1. The van der Waals surface area contributed by atoms with Crippen molar-refractivity contribution in [3.63, 3.8) is 0 Å². The fraction of sp³-hybridized carbons (Fsp3) is 0.188. The number of carbonyl (C=O) groups excluding carboxylic acids is 3. The van der Waals surface area contributed by atoms with Crippen LogP contribution in [0.3, 0.4) is 0 Å². The molecule has 4 aromatic rings. The lowest BCUT2D eigenvalue weighted by Crippen LogP contribution is -2.25. The molecule has 5 rings (SSSR count). The van der Waals surface area contributed by atoms with Crippen LogP contribution >= 0.6 is 0 Å². The quantitative estimate of drug-likeness (QED) is 0.0869. The molecule has 2 aromatic carbocycles. The predicted molar refractivity (Wildman–Crippen MR) is 166 cm³/mol. The molecule has 0 bridgehead atoms. The first-order chi connectivity index (χ1) is 20.7. The van der Waals surface area contributed by atoms with Crippen LogP contribution < -0.4 is 27.0 Å². The van der Waals surface area contributed by atoms with Crippen LogP contribution in [0.1, 0.15) is 56.2 Å². The molecule has 2 aromatic heterocycles. The van der Waals surface area contributed by atoms with Gasteiger partial charge >= 0.3 is 0 Å². The second-order valence-corrected chi connectivity index (χ2v) is 10.2. The lowest BCUT2D eigenvalue weighted by atomic mass is 10.0. The monoisotopic (exact) mass is 581 g/mol. The van der Waals surface area contributed by atoms with Crippen LogP contribution in [0.15, 0.2) is 60.7 Å². The van der Waals surface area contributed by atoms with Crippen LogP contribution in [0.2, 0.25) is 0 Å². The molecule has 0 saturated heterocycles. The maximum Gasteiger partial charge on any atom is 0.274 e. The summed E-state index contributed by atoms with van der Waals surface area (Å²) in [5.74, 6) is -0.763. The van der Waals surface area contributed by atoms with Gasteiger partial charge in [0.05, 0.1) is 22.5 Å². The Balaban J connectivity index is 1.11. The fourth-order valence-electron chi connectivity index (χ4n) is 4.92. The molecule has 0 saturated carbocycles. The van der Waals surface area contributed by atoms with Gasteiger partial charge in [0.25, 0.3) is 17.7 Å². The van der Waals surface area contributed by atoms with Crippen LogP contribution in [0.5, 0.6) is 0 Å². The smallest absolute Gasteiger partial charge is 0.274 e. The Bertz CT molecular complexity index is 1740. The number of fused-ring (bicyclic) bond motifs is 1. The maximum atomic E-state index is 13.8. The Labute approximate surface area is 248 Å². The molecule has 0 atom stereocenters. The Morgan fingerprint density at radius 3 is 2.60 bits per heavy atom. The highest BCUT2D eigenvalue weighted by Crippen LogP contribution is 2.34. The fourth-order valence-corrected chi connectivity index (χ4v) is 4.92. The van der Waals surface area contributed by atoms with Gasteiger partial charge in [0, 0.05) is 35.7 Å². The molecule has 1 aliphatic heterocycles. The summed E-state index contributed by atoms with van der Waals surface area (Å²) in [6.07, 6.45) is 3.12. The number of unbranched alkanes of at least 4 members (excludes halogenated alkanes) is 1. The lowest BCUT2D eigenvalue weighted by molar-refractivity contribution is -0.110. The molecule has 0 spiro atoms. The number of carbonyl (C=O) groups is 3. The first-order valence-corrected chi connectivity index (χ1v) is 13.9. The van der Waals surface area contributed by atoms with E-state index < -0.39 is 5.82 Å². The van der Waals surface area contributed by atoms with Gasteiger partial charge in [0.2, 0.25) is 0 Å². The number of aromatic nitrogens is 2. The molecular formula is C32H32FN7O3. The maximum absolute atomic E-state index is 13.8. The number of nitrogens with two attached hydrogens (primary N) is 1. The Kier molecular flexibility index (Phi) is 8.51. The normalized spacial score (nSPS) is 13.0. The van der Waals surface area contributed by atoms with Crippen molar-refractivity contribution >= 4 is 52.3 Å². The zero-order chi connectivity index (χ0) is 30.5. The average Bonchev–Trinajstić information content (AvgIpc) is 3.45. The highest BCUT2D eigenvalue weighted by Gasteiger charge is 2.26. The number of anilines is 4. The molecule has 3 heterocycles. The van der Waals surface area contributed by atoms with E-state index in [-0.39, 0.29) is 23.4 Å². The van der Waals surface area contributed by atoms with E-state index >= 15 is 0 Å². The zero-order valence-corrected chi connectivity index (χ0v) is 23.8. The summed E-state index contributed by atoms with van der Waals surface area (Å²) < 4.78 is 13.8. The van der Waals surface area contributed by atoms with Gasteiger partial charge in [-0.1, -0.05) is 18.2 Å². The Hall–Kier alpha value is -5.45. The van der Waals surface area contributed by atoms with Crippen molar-refractivity contribution < 1.29 is 18.8 Å².